The van der Waals surface area contributed by atoms with Gasteiger partial charge >= 0.3 is 0 Å². The second-order valence-corrected chi connectivity index (χ2v) is 14.2. The maximum absolute atomic E-state index is 6.52. The maximum atomic E-state index is 6.52. The lowest BCUT2D eigenvalue weighted by atomic mass is 9.95. The van der Waals surface area contributed by atoms with Gasteiger partial charge in [-0.25, -0.2) is 9.98 Å². The van der Waals surface area contributed by atoms with E-state index in [-0.39, 0.29) is 0 Å². The predicted molar refractivity (Wildman–Crippen MR) is 229 cm³/mol. The third-order valence-electron chi connectivity index (χ3n) is 10.9. The SMILES string of the molecule is c1ccc(-c2cccc(C3N=C(c4cc(-c5ccccc5)cc5oc6ccccc6c45)N=C(c4ccc5c(ccc6c7ccccc7ccc56)c4)N3)c2)cc1. The normalized spacial score (nSPS) is 14.4. The van der Waals surface area contributed by atoms with E-state index in [9.17, 15) is 0 Å². The fraction of sp³-hybridized carbons (Fsp3) is 0.0196. The van der Waals surface area contributed by atoms with E-state index >= 15 is 0 Å². The quantitative estimate of drug-likeness (QED) is 0.181. The van der Waals surface area contributed by atoms with Crippen molar-refractivity contribution in [3.05, 3.63) is 205 Å². The van der Waals surface area contributed by atoms with E-state index in [2.05, 4.69) is 169 Å². The van der Waals surface area contributed by atoms with Crippen LogP contribution in [0.5, 0.6) is 0 Å². The van der Waals surface area contributed by atoms with E-state index in [0.29, 0.717) is 5.84 Å². The number of fused-ring (bicyclic) bond motifs is 8. The number of nitrogens with one attached hydrogen (secondary N) is 1. The smallest absolute Gasteiger partial charge is 0.160 e. The summed E-state index contributed by atoms with van der Waals surface area (Å²) >= 11 is 0. The molecule has 1 atom stereocenters. The number of benzene rings is 9. The zero-order valence-electron chi connectivity index (χ0n) is 29.8. The minimum atomic E-state index is -0.390. The van der Waals surface area contributed by atoms with Crippen LogP contribution in [-0.2, 0) is 0 Å². The lowest BCUT2D eigenvalue weighted by molar-refractivity contribution is 0.668. The summed E-state index contributed by atoms with van der Waals surface area (Å²) in [5.74, 6) is 1.43. The first kappa shape index (κ1) is 31.2. The zero-order chi connectivity index (χ0) is 36.3. The van der Waals surface area contributed by atoms with Gasteiger partial charge in [0.15, 0.2) is 5.84 Å². The summed E-state index contributed by atoms with van der Waals surface area (Å²) in [5, 5.41) is 13.2. The lowest BCUT2D eigenvalue weighted by Crippen LogP contribution is -2.33. The Bertz CT molecular complexity index is 3180. The molecule has 4 nitrogen and oxygen atoms in total. The van der Waals surface area contributed by atoms with Gasteiger partial charge < -0.3 is 9.73 Å². The number of furan rings is 1. The number of hydrogen-bond donors (Lipinski definition) is 1. The summed E-state index contributed by atoms with van der Waals surface area (Å²) in [7, 11) is 0. The number of nitrogens with zero attached hydrogens (tertiary/aromatic N) is 2. The molecule has 10 aromatic rings. The Morgan fingerprint density at radius 3 is 1.89 bits per heavy atom. The van der Waals surface area contributed by atoms with E-state index in [1.807, 2.05) is 24.3 Å². The van der Waals surface area contributed by atoms with Crippen molar-refractivity contribution in [2.24, 2.45) is 9.98 Å². The first-order chi connectivity index (χ1) is 27.2. The van der Waals surface area contributed by atoms with Crippen LogP contribution in [0.25, 0.3) is 76.5 Å². The van der Waals surface area contributed by atoms with E-state index in [4.69, 9.17) is 14.4 Å². The minimum absolute atomic E-state index is 0.390. The van der Waals surface area contributed by atoms with Crippen molar-refractivity contribution in [2.45, 2.75) is 6.17 Å². The molecule has 9 aromatic carbocycles. The molecule has 4 heteroatoms. The minimum Gasteiger partial charge on any atom is -0.456 e. The highest BCUT2D eigenvalue weighted by Crippen LogP contribution is 2.38. The maximum Gasteiger partial charge on any atom is 0.160 e. The van der Waals surface area contributed by atoms with Crippen molar-refractivity contribution in [2.75, 3.05) is 0 Å². The van der Waals surface area contributed by atoms with Gasteiger partial charge in [-0.15, -0.1) is 0 Å². The zero-order valence-corrected chi connectivity index (χ0v) is 29.8. The third kappa shape index (κ3) is 5.38. The summed E-state index contributed by atoms with van der Waals surface area (Å²) in [5.41, 5.74) is 9.08. The van der Waals surface area contributed by atoms with Gasteiger partial charge in [-0.2, -0.15) is 0 Å². The molecular weight excluding hydrogens is 671 g/mol. The molecule has 1 N–H and O–H groups in total. The van der Waals surface area contributed by atoms with Crippen LogP contribution in [0.3, 0.4) is 0 Å². The molecule has 1 aliphatic heterocycles. The molecule has 0 spiro atoms. The van der Waals surface area contributed by atoms with Crippen LogP contribution < -0.4 is 5.32 Å². The van der Waals surface area contributed by atoms with Gasteiger partial charge in [-0.1, -0.05) is 158 Å². The van der Waals surface area contributed by atoms with Crippen molar-refractivity contribution in [3.8, 4) is 22.3 Å². The number of hydrogen-bond acceptors (Lipinski definition) is 4. The van der Waals surface area contributed by atoms with Crippen LogP contribution in [0.4, 0.5) is 0 Å². The lowest BCUT2D eigenvalue weighted by Gasteiger charge is -2.25. The summed E-state index contributed by atoms with van der Waals surface area (Å²) in [6, 6.07) is 66.4. The monoisotopic (exact) mass is 703 g/mol. The highest BCUT2D eigenvalue weighted by atomic mass is 16.3. The van der Waals surface area contributed by atoms with Crippen LogP contribution >= 0.6 is 0 Å². The number of amidine groups is 2. The largest absolute Gasteiger partial charge is 0.456 e. The topological polar surface area (TPSA) is 49.9 Å². The fourth-order valence-corrected chi connectivity index (χ4v) is 8.21. The molecule has 55 heavy (non-hydrogen) atoms. The molecule has 0 bridgehead atoms. The van der Waals surface area contributed by atoms with Gasteiger partial charge in [0.25, 0.3) is 0 Å². The van der Waals surface area contributed by atoms with Crippen LogP contribution in [0, 0.1) is 0 Å². The molecule has 11 rings (SSSR count). The first-order valence-corrected chi connectivity index (χ1v) is 18.7. The molecule has 0 amide bonds. The predicted octanol–water partition coefficient (Wildman–Crippen LogP) is 12.9. The summed E-state index contributed by atoms with van der Waals surface area (Å²) in [6.45, 7) is 0. The Balaban J connectivity index is 1.12. The van der Waals surface area contributed by atoms with E-state index in [1.54, 1.807) is 0 Å². The van der Waals surface area contributed by atoms with E-state index in [1.165, 1.54) is 26.9 Å². The Morgan fingerprint density at radius 2 is 1.07 bits per heavy atom. The second-order valence-electron chi connectivity index (χ2n) is 14.2. The number of aliphatic imine (C=N–C) groups is 2. The highest BCUT2D eigenvalue weighted by Gasteiger charge is 2.25. The van der Waals surface area contributed by atoms with Crippen LogP contribution in [-0.4, -0.2) is 11.7 Å². The first-order valence-electron chi connectivity index (χ1n) is 18.7. The molecule has 1 aliphatic rings. The number of para-hydroxylation sites is 1. The Labute approximate surface area is 317 Å². The standard InChI is InChI=1S/C51H33N3O/c1-3-12-32(13-4-1)35-17-11-18-37(28-35)49-52-50(38-24-25-41-36(29-38)23-27-42-40-19-8-7-16-34(40)22-26-43(41)42)54-51(53-49)45-30-39(33-14-5-2-6-15-33)31-47-48(45)44-20-9-10-21-46(44)55-47/h1-31,49H,(H,52,53,54). The summed E-state index contributed by atoms with van der Waals surface area (Å²) < 4.78 is 6.52. The van der Waals surface area contributed by atoms with Gasteiger partial charge in [0, 0.05) is 21.9 Å². The van der Waals surface area contributed by atoms with Gasteiger partial charge in [-0.05, 0) is 90.5 Å². The molecule has 0 saturated carbocycles. The third-order valence-corrected chi connectivity index (χ3v) is 10.9. The molecule has 0 fully saturated rings. The molecule has 0 aliphatic carbocycles. The van der Waals surface area contributed by atoms with Gasteiger partial charge in [-0.3, -0.25) is 0 Å². The van der Waals surface area contributed by atoms with Crippen molar-refractivity contribution in [3.63, 3.8) is 0 Å². The Kier molecular flexibility index (Phi) is 7.20. The molecule has 258 valence electrons. The molecule has 1 aromatic heterocycles. The second kappa shape index (κ2) is 12.7. The molecule has 0 radical (unpaired) electrons. The summed E-state index contributed by atoms with van der Waals surface area (Å²) in [4.78, 5) is 10.8. The van der Waals surface area contributed by atoms with Crippen LogP contribution in [0.2, 0.25) is 0 Å². The highest BCUT2D eigenvalue weighted by molar-refractivity contribution is 6.23. The van der Waals surface area contributed by atoms with Gasteiger partial charge in [0.1, 0.15) is 23.2 Å². The van der Waals surface area contributed by atoms with E-state index in [0.717, 1.165) is 72.1 Å². The average molecular weight is 704 g/mol. The molecule has 0 saturated heterocycles. The van der Waals surface area contributed by atoms with Crippen molar-refractivity contribution < 1.29 is 4.42 Å². The Hall–Kier alpha value is -7.30. The summed E-state index contributed by atoms with van der Waals surface area (Å²) in [6.07, 6.45) is -0.390. The van der Waals surface area contributed by atoms with Crippen molar-refractivity contribution >= 4 is 65.9 Å². The molecular formula is C51H33N3O. The van der Waals surface area contributed by atoms with Gasteiger partial charge in [0.2, 0.25) is 0 Å². The molecule has 1 unspecified atom stereocenters. The van der Waals surface area contributed by atoms with Crippen molar-refractivity contribution in [1.29, 1.82) is 0 Å². The van der Waals surface area contributed by atoms with Crippen molar-refractivity contribution in [1.82, 2.24) is 5.32 Å². The molecule has 2 heterocycles. The average Bonchev–Trinajstić information content (AvgIpc) is 3.65. The van der Waals surface area contributed by atoms with Gasteiger partial charge in [0.05, 0.1) is 0 Å². The number of rotatable bonds is 5. The van der Waals surface area contributed by atoms with E-state index < -0.39 is 6.17 Å². The Morgan fingerprint density at radius 1 is 0.418 bits per heavy atom. The van der Waals surface area contributed by atoms with Crippen LogP contribution in [0.15, 0.2) is 202 Å². The van der Waals surface area contributed by atoms with Crippen LogP contribution in [0.1, 0.15) is 22.9 Å². The fourth-order valence-electron chi connectivity index (χ4n) is 8.21.